The molecule has 5 nitrogen and oxygen atoms in total. The summed E-state index contributed by atoms with van der Waals surface area (Å²) in [4.78, 5) is 21.0. The molecule has 23 heavy (non-hydrogen) atoms. The number of thiazole rings is 1. The highest BCUT2D eigenvalue weighted by Gasteiger charge is 2.25. The number of hydrogen-bond acceptors (Lipinski definition) is 5. The summed E-state index contributed by atoms with van der Waals surface area (Å²) < 4.78 is 0. The SMILES string of the molecule is CC(C)c1ccc(O)c(C(=O)N2CCN(c3nccs3)CC2)c1. The maximum absolute atomic E-state index is 12.7. The number of carbonyl (C=O) groups is 1. The molecule has 0 bridgehead atoms. The summed E-state index contributed by atoms with van der Waals surface area (Å²) in [6.07, 6.45) is 1.80. The van der Waals surface area contributed by atoms with Gasteiger partial charge in [0, 0.05) is 37.8 Å². The second-order valence-corrected chi connectivity index (χ2v) is 6.90. The fourth-order valence-corrected chi connectivity index (χ4v) is 3.42. The minimum Gasteiger partial charge on any atom is -0.507 e. The van der Waals surface area contributed by atoms with E-state index in [-0.39, 0.29) is 11.7 Å². The number of phenolic OH excluding ortho intramolecular Hbond substituents is 1. The van der Waals surface area contributed by atoms with Gasteiger partial charge in [-0.15, -0.1) is 11.3 Å². The number of aromatic hydroxyl groups is 1. The van der Waals surface area contributed by atoms with Crippen molar-refractivity contribution in [2.75, 3.05) is 31.1 Å². The highest BCUT2D eigenvalue weighted by atomic mass is 32.1. The molecule has 1 N–H and O–H groups in total. The molecule has 1 aromatic heterocycles. The van der Waals surface area contributed by atoms with Gasteiger partial charge in [-0.05, 0) is 23.6 Å². The van der Waals surface area contributed by atoms with Gasteiger partial charge in [0.05, 0.1) is 5.56 Å². The minimum atomic E-state index is -0.0937. The molecule has 0 atom stereocenters. The van der Waals surface area contributed by atoms with Crippen LogP contribution in [-0.2, 0) is 0 Å². The van der Waals surface area contributed by atoms with Crippen molar-refractivity contribution in [1.29, 1.82) is 0 Å². The van der Waals surface area contributed by atoms with E-state index in [2.05, 4.69) is 23.7 Å². The lowest BCUT2D eigenvalue weighted by Gasteiger charge is -2.34. The van der Waals surface area contributed by atoms with Gasteiger partial charge in [-0.25, -0.2) is 4.98 Å². The van der Waals surface area contributed by atoms with Crippen molar-refractivity contribution in [3.63, 3.8) is 0 Å². The van der Waals surface area contributed by atoms with Gasteiger partial charge in [0.25, 0.3) is 5.91 Å². The van der Waals surface area contributed by atoms with Crippen LogP contribution in [0.4, 0.5) is 5.13 Å². The zero-order valence-electron chi connectivity index (χ0n) is 13.4. The zero-order chi connectivity index (χ0) is 16.4. The summed E-state index contributed by atoms with van der Waals surface area (Å²) in [5.74, 6) is 0.287. The molecule has 1 aliphatic rings. The summed E-state index contributed by atoms with van der Waals surface area (Å²) in [5.41, 5.74) is 1.46. The summed E-state index contributed by atoms with van der Waals surface area (Å²) in [6.45, 7) is 6.97. The number of anilines is 1. The van der Waals surface area contributed by atoms with Gasteiger partial charge in [0.15, 0.2) is 5.13 Å². The van der Waals surface area contributed by atoms with E-state index < -0.39 is 0 Å². The van der Waals surface area contributed by atoms with E-state index in [1.165, 1.54) is 0 Å². The van der Waals surface area contributed by atoms with Crippen molar-refractivity contribution in [3.8, 4) is 5.75 Å². The van der Waals surface area contributed by atoms with Crippen molar-refractivity contribution < 1.29 is 9.90 Å². The number of piperazine rings is 1. The van der Waals surface area contributed by atoms with E-state index in [1.807, 2.05) is 22.4 Å². The van der Waals surface area contributed by atoms with Crippen LogP contribution in [0, 0.1) is 0 Å². The number of carbonyl (C=O) groups excluding carboxylic acids is 1. The number of phenols is 1. The van der Waals surface area contributed by atoms with Gasteiger partial charge in [-0.3, -0.25) is 4.79 Å². The summed E-state index contributed by atoms with van der Waals surface area (Å²) in [7, 11) is 0. The van der Waals surface area contributed by atoms with Crippen LogP contribution in [0.1, 0.15) is 35.7 Å². The van der Waals surface area contributed by atoms with E-state index >= 15 is 0 Å². The Hall–Kier alpha value is -2.08. The smallest absolute Gasteiger partial charge is 0.257 e. The largest absolute Gasteiger partial charge is 0.507 e. The fraction of sp³-hybridized carbons (Fsp3) is 0.412. The molecule has 0 spiro atoms. The minimum absolute atomic E-state index is 0.0572. The predicted molar refractivity (Wildman–Crippen MR) is 92.4 cm³/mol. The Morgan fingerprint density at radius 2 is 2.00 bits per heavy atom. The van der Waals surface area contributed by atoms with Crippen LogP contribution in [-0.4, -0.2) is 47.1 Å². The predicted octanol–water partition coefficient (Wildman–Crippen LogP) is 2.93. The van der Waals surface area contributed by atoms with Crippen LogP contribution in [0.3, 0.4) is 0 Å². The van der Waals surface area contributed by atoms with Crippen LogP contribution >= 0.6 is 11.3 Å². The molecule has 1 fully saturated rings. The maximum atomic E-state index is 12.7. The Labute approximate surface area is 140 Å². The van der Waals surface area contributed by atoms with Crippen molar-refractivity contribution in [3.05, 3.63) is 40.9 Å². The maximum Gasteiger partial charge on any atom is 0.257 e. The third kappa shape index (κ3) is 3.32. The third-order valence-electron chi connectivity index (χ3n) is 4.17. The number of aromatic nitrogens is 1. The van der Waals surface area contributed by atoms with Crippen LogP contribution in [0.2, 0.25) is 0 Å². The third-order valence-corrected chi connectivity index (χ3v) is 5.01. The van der Waals surface area contributed by atoms with Crippen LogP contribution < -0.4 is 4.90 Å². The van der Waals surface area contributed by atoms with Gasteiger partial charge in [0.1, 0.15) is 5.75 Å². The standard InChI is InChI=1S/C17H21N3O2S/c1-12(2)13-3-4-15(21)14(11-13)16(22)19-6-8-20(9-7-19)17-18-5-10-23-17/h3-5,10-12,21H,6-9H2,1-2H3. The Morgan fingerprint density at radius 1 is 1.26 bits per heavy atom. The fourth-order valence-electron chi connectivity index (χ4n) is 2.73. The molecule has 6 heteroatoms. The molecule has 0 radical (unpaired) electrons. The van der Waals surface area contributed by atoms with Gasteiger partial charge >= 0.3 is 0 Å². The van der Waals surface area contributed by atoms with E-state index in [1.54, 1.807) is 23.6 Å². The van der Waals surface area contributed by atoms with Crippen molar-refractivity contribution >= 4 is 22.4 Å². The first-order chi connectivity index (χ1) is 11.1. The molecule has 0 unspecified atom stereocenters. The molecule has 2 heterocycles. The topological polar surface area (TPSA) is 56.7 Å². The highest BCUT2D eigenvalue weighted by molar-refractivity contribution is 7.13. The number of nitrogens with zero attached hydrogens (tertiary/aromatic N) is 3. The van der Waals surface area contributed by atoms with Gasteiger partial charge in [0.2, 0.25) is 0 Å². The first-order valence-electron chi connectivity index (χ1n) is 7.83. The number of hydrogen-bond donors (Lipinski definition) is 1. The normalized spacial score (nSPS) is 15.3. The summed E-state index contributed by atoms with van der Waals surface area (Å²) >= 11 is 1.61. The van der Waals surface area contributed by atoms with Crippen molar-refractivity contribution in [1.82, 2.24) is 9.88 Å². The molecule has 1 amide bonds. The monoisotopic (exact) mass is 331 g/mol. The van der Waals surface area contributed by atoms with Crippen molar-refractivity contribution in [2.45, 2.75) is 19.8 Å². The molecule has 1 aromatic carbocycles. The Kier molecular flexibility index (Phi) is 4.52. The van der Waals surface area contributed by atoms with Gasteiger partial charge in [-0.1, -0.05) is 19.9 Å². The average molecular weight is 331 g/mol. The number of amides is 1. The molecule has 3 rings (SSSR count). The molecule has 122 valence electrons. The highest BCUT2D eigenvalue weighted by Crippen LogP contribution is 2.25. The Morgan fingerprint density at radius 3 is 2.61 bits per heavy atom. The van der Waals surface area contributed by atoms with Gasteiger partial charge in [-0.2, -0.15) is 0 Å². The summed E-state index contributed by atoms with van der Waals surface area (Å²) in [5, 5.41) is 13.0. The molecular formula is C17H21N3O2S. The lowest BCUT2D eigenvalue weighted by Crippen LogP contribution is -2.48. The Bertz CT molecular complexity index is 677. The lowest BCUT2D eigenvalue weighted by atomic mass is 9.99. The van der Waals surface area contributed by atoms with Crippen LogP contribution in [0.25, 0.3) is 0 Å². The van der Waals surface area contributed by atoms with E-state index in [4.69, 9.17) is 0 Å². The van der Waals surface area contributed by atoms with Gasteiger partial charge < -0.3 is 14.9 Å². The van der Waals surface area contributed by atoms with E-state index in [9.17, 15) is 9.90 Å². The number of benzene rings is 1. The molecular weight excluding hydrogens is 310 g/mol. The zero-order valence-corrected chi connectivity index (χ0v) is 14.2. The molecule has 2 aromatic rings. The number of rotatable bonds is 3. The van der Waals surface area contributed by atoms with E-state index in [0.717, 1.165) is 23.8 Å². The molecule has 0 aliphatic carbocycles. The summed E-state index contributed by atoms with van der Waals surface area (Å²) in [6, 6.07) is 5.31. The van der Waals surface area contributed by atoms with Crippen molar-refractivity contribution in [2.24, 2.45) is 0 Å². The van der Waals surface area contributed by atoms with E-state index in [0.29, 0.717) is 24.6 Å². The first kappa shape index (κ1) is 15.8. The average Bonchev–Trinajstić information content (AvgIpc) is 3.09. The van der Waals surface area contributed by atoms with Crippen LogP contribution in [0.15, 0.2) is 29.8 Å². The second-order valence-electron chi connectivity index (χ2n) is 6.03. The second kappa shape index (κ2) is 6.58. The molecule has 1 saturated heterocycles. The molecule has 0 saturated carbocycles. The Balaban J connectivity index is 1.71. The molecule has 1 aliphatic heterocycles. The first-order valence-corrected chi connectivity index (χ1v) is 8.71. The quantitative estimate of drug-likeness (QED) is 0.939. The lowest BCUT2D eigenvalue weighted by molar-refractivity contribution is 0.0743. The van der Waals surface area contributed by atoms with Crippen LogP contribution in [0.5, 0.6) is 5.75 Å².